The fourth-order valence-electron chi connectivity index (χ4n) is 7.34. The quantitative estimate of drug-likeness (QED) is 0.149. The van der Waals surface area contributed by atoms with E-state index in [1.807, 2.05) is 36.4 Å². The predicted molar refractivity (Wildman–Crippen MR) is 233 cm³/mol. The fourth-order valence-corrected chi connectivity index (χ4v) is 7.34. The standard InChI is InChI=1S/C51H37N5O2.Pt/c1-51(2,3)36-28-30-52-47(31-36)55-44-24-11-10-21-42(44)43-27-26-39(33-46(43)55)58-38-20-12-19-37(32-38)54-45-25-14-29-53-49(45)56(50(54)57)48-40(34-15-6-4-7-16-34)22-13-23-41(48)35-17-8-5-9-18-35;/h4-31H,1-3H3;/q-2;+2/i4D,5D,6D,7D,8D,9D,15D,16D,17D,18D;. The smallest absolute Gasteiger partial charge is 0.509 e. The molecule has 0 aliphatic rings. The summed E-state index contributed by atoms with van der Waals surface area (Å²) < 4.78 is 97.4. The van der Waals surface area contributed by atoms with E-state index in [1.54, 1.807) is 42.6 Å². The number of nitrogens with zero attached hydrogens (tertiary/aromatic N) is 5. The van der Waals surface area contributed by atoms with Crippen LogP contribution in [0.4, 0.5) is 0 Å². The van der Waals surface area contributed by atoms with Crippen molar-refractivity contribution in [3.63, 3.8) is 0 Å². The van der Waals surface area contributed by atoms with Crippen LogP contribution in [0.1, 0.15) is 40.0 Å². The summed E-state index contributed by atoms with van der Waals surface area (Å²) in [6.45, 7) is 6.44. The molecule has 4 heterocycles. The topological polar surface area (TPSA) is 66.9 Å². The summed E-state index contributed by atoms with van der Waals surface area (Å²) in [7, 11) is 0. The van der Waals surface area contributed by atoms with Crippen LogP contribution in [0.5, 0.6) is 11.5 Å². The zero-order valence-electron chi connectivity index (χ0n) is 41.8. The largest absolute Gasteiger partial charge is 2.00 e. The number of para-hydroxylation sites is 2. The maximum absolute atomic E-state index is 15.3. The van der Waals surface area contributed by atoms with Gasteiger partial charge in [-0.15, -0.1) is 35.7 Å². The van der Waals surface area contributed by atoms with Crippen molar-refractivity contribution in [1.29, 1.82) is 0 Å². The Morgan fingerprint density at radius 3 is 2.03 bits per heavy atom. The van der Waals surface area contributed by atoms with E-state index in [1.165, 1.54) is 29.0 Å². The summed E-state index contributed by atoms with van der Waals surface area (Å²) in [4.78, 5) is 24.7. The normalized spacial score (nSPS) is 13.9. The van der Waals surface area contributed by atoms with Gasteiger partial charge in [0, 0.05) is 40.5 Å². The van der Waals surface area contributed by atoms with Crippen molar-refractivity contribution in [2.45, 2.75) is 26.2 Å². The van der Waals surface area contributed by atoms with Crippen molar-refractivity contribution in [2.24, 2.45) is 0 Å². The fraction of sp³-hybridized carbons (Fsp3) is 0.0784. The third-order valence-electron chi connectivity index (χ3n) is 10.0. The average molecular weight is 957 g/mol. The minimum Gasteiger partial charge on any atom is -0.509 e. The second kappa shape index (κ2) is 15.2. The Balaban J connectivity index is 0.00000593. The third-order valence-corrected chi connectivity index (χ3v) is 10.0. The minimum atomic E-state index is -0.761. The van der Waals surface area contributed by atoms with Gasteiger partial charge in [-0.05, 0) is 57.8 Å². The van der Waals surface area contributed by atoms with E-state index in [0.717, 1.165) is 37.8 Å². The molecule has 288 valence electrons. The van der Waals surface area contributed by atoms with Gasteiger partial charge in [0.1, 0.15) is 5.82 Å². The van der Waals surface area contributed by atoms with E-state index in [4.69, 9.17) is 23.4 Å². The van der Waals surface area contributed by atoms with Crippen molar-refractivity contribution >= 4 is 33.0 Å². The van der Waals surface area contributed by atoms with Gasteiger partial charge in [0.25, 0.3) is 0 Å². The molecule has 0 amide bonds. The third kappa shape index (κ3) is 6.67. The summed E-state index contributed by atoms with van der Waals surface area (Å²) in [6, 6.07) is 29.1. The van der Waals surface area contributed by atoms with Crippen LogP contribution in [0, 0.1) is 12.1 Å². The number of aromatic nitrogens is 5. The van der Waals surface area contributed by atoms with Gasteiger partial charge in [-0.2, -0.15) is 12.1 Å². The first-order chi connectivity index (χ1) is 32.5. The maximum Gasteiger partial charge on any atom is 2.00 e. The molecule has 0 radical (unpaired) electrons. The molecule has 4 aromatic heterocycles. The van der Waals surface area contributed by atoms with E-state index in [-0.39, 0.29) is 77.0 Å². The molecule has 10 aromatic rings. The predicted octanol–water partition coefficient (Wildman–Crippen LogP) is 11.7. The Kier molecular flexibility index (Phi) is 7.13. The van der Waals surface area contributed by atoms with Gasteiger partial charge in [-0.1, -0.05) is 129 Å². The molecule has 0 saturated heterocycles. The van der Waals surface area contributed by atoms with Crippen LogP contribution in [0.15, 0.2) is 175 Å². The number of ether oxygens (including phenoxy) is 1. The van der Waals surface area contributed by atoms with Crippen LogP contribution >= 0.6 is 0 Å². The molecule has 0 N–H and O–H groups in total. The monoisotopic (exact) mass is 956 g/mol. The molecule has 0 saturated carbocycles. The van der Waals surface area contributed by atoms with Gasteiger partial charge < -0.3 is 9.30 Å². The van der Waals surface area contributed by atoms with E-state index >= 15 is 4.79 Å². The Bertz CT molecular complexity index is 3680. The summed E-state index contributed by atoms with van der Waals surface area (Å²) >= 11 is 0. The Labute approximate surface area is 370 Å². The number of hydrogen-bond acceptors (Lipinski definition) is 4. The van der Waals surface area contributed by atoms with Gasteiger partial charge in [0.2, 0.25) is 0 Å². The van der Waals surface area contributed by atoms with Crippen molar-refractivity contribution in [3.05, 3.63) is 198 Å². The van der Waals surface area contributed by atoms with Crippen molar-refractivity contribution in [3.8, 4) is 50.9 Å². The maximum atomic E-state index is 15.3. The van der Waals surface area contributed by atoms with E-state index in [9.17, 15) is 0 Å². The first-order valence-electron chi connectivity index (χ1n) is 23.5. The summed E-state index contributed by atoms with van der Waals surface area (Å²) in [5, 5.41) is 1.95. The Morgan fingerprint density at radius 2 is 1.31 bits per heavy atom. The number of fused-ring (bicyclic) bond motifs is 4. The molecule has 0 aliphatic carbocycles. The first kappa shape index (κ1) is 27.7. The molecule has 6 aromatic carbocycles. The number of hydrogen-bond donors (Lipinski definition) is 0. The van der Waals surface area contributed by atoms with E-state index in [2.05, 4.69) is 48.5 Å². The Hall–Kier alpha value is -6.82. The molecular formula is C51H37N5O2Pt. The number of imidazole rings is 1. The van der Waals surface area contributed by atoms with Crippen molar-refractivity contribution < 1.29 is 39.5 Å². The van der Waals surface area contributed by atoms with Gasteiger partial charge in [0.15, 0.2) is 5.65 Å². The minimum absolute atomic E-state index is 0. The van der Waals surface area contributed by atoms with Gasteiger partial charge in [0.05, 0.1) is 24.9 Å². The molecule has 8 heteroatoms. The van der Waals surface area contributed by atoms with Crippen LogP contribution in [0.3, 0.4) is 0 Å². The van der Waals surface area contributed by atoms with Crippen LogP contribution in [-0.4, -0.2) is 23.7 Å². The average Bonchev–Trinajstić information content (AvgIpc) is 3.82. The van der Waals surface area contributed by atoms with E-state index in [0.29, 0.717) is 5.75 Å². The van der Waals surface area contributed by atoms with Crippen LogP contribution < -0.4 is 10.4 Å². The second-order valence-corrected chi connectivity index (χ2v) is 14.6. The molecule has 0 atom stereocenters. The number of benzene rings is 6. The molecule has 10 rings (SSSR count). The summed E-state index contributed by atoms with van der Waals surface area (Å²) in [6.07, 6.45) is 3.25. The SMILES string of the molecule is [2H]c1c([2H])c([2H])c(-c2cccc(-c3c([2H])c([2H])c([2H])c([2H])c3[2H])c2-n2c(=O)n(-c3[c-]c(Oc4[c-]c5c(cc4)c4ccccc4n5-c4cc(C(C)(C)C)ccn4)ccc3)c3cccnc32)c([2H])c1[2H].[Pt+2]. The summed E-state index contributed by atoms with van der Waals surface area (Å²) in [5.41, 5.74) is 1.62. The molecule has 0 unspecified atom stereocenters. The first-order valence-corrected chi connectivity index (χ1v) is 18.5. The molecular weight excluding hydrogens is 910 g/mol. The van der Waals surface area contributed by atoms with Crippen molar-refractivity contribution in [1.82, 2.24) is 23.7 Å². The molecule has 7 nitrogen and oxygen atoms in total. The molecule has 0 spiro atoms. The van der Waals surface area contributed by atoms with Crippen molar-refractivity contribution in [2.75, 3.05) is 0 Å². The molecule has 0 bridgehead atoms. The van der Waals surface area contributed by atoms with Gasteiger partial charge >= 0.3 is 26.8 Å². The molecule has 0 fully saturated rings. The second-order valence-electron chi connectivity index (χ2n) is 14.6. The summed E-state index contributed by atoms with van der Waals surface area (Å²) in [5.74, 6) is 1.30. The number of pyridine rings is 2. The van der Waals surface area contributed by atoms with Crippen LogP contribution in [-0.2, 0) is 26.5 Å². The van der Waals surface area contributed by atoms with Gasteiger partial charge in [-0.25, -0.2) is 19.3 Å². The Morgan fingerprint density at radius 1 is 0.627 bits per heavy atom. The number of rotatable bonds is 7. The van der Waals surface area contributed by atoms with Gasteiger partial charge in [-0.3, -0.25) is 4.57 Å². The zero-order valence-corrected chi connectivity index (χ0v) is 34.0. The van der Waals surface area contributed by atoms with Crippen LogP contribution in [0.2, 0.25) is 0 Å². The molecule has 0 aliphatic heterocycles. The van der Waals surface area contributed by atoms with Crippen LogP contribution in [0.25, 0.3) is 72.4 Å². The zero-order chi connectivity index (χ0) is 48.1. The van der Waals surface area contributed by atoms with E-state index < -0.39 is 66.1 Å². The molecule has 59 heavy (non-hydrogen) atoms.